The minimum Gasteiger partial charge on any atom is -0.329 e. The zero-order valence-corrected chi connectivity index (χ0v) is 8.61. The van der Waals surface area contributed by atoms with E-state index >= 15 is 0 Å². The summed E-state index contributed by atoms with van der Waals surface area (Å²) >= 11 is 0. The average Bonchev–Trinajstić information content (AvgIpc) is 2.26. The smallest absolute Gasteiger partial charge is 0.246 e. The molecule has 2 aliphatic rings. The lowest BCUT2D eigenvalue weighted by Crippen LogP contribution is -2.61. The van der Waals surface area contributed by atoms with Gasteiger partial charge in [0.15, 0.2) is 0 Å². The summed E-state index contributed by atoms with van der Waals surface area (Å²) in [6.45, 7) is 1.12. The van der Waals surface area contributed by atoms with Crippen molar-refractivity contribution in [2.45, 2.75) is 25.3 Å². The second kappa shape index (κ2) is 3.93. The Balaban J connectivity index is 2.15. The molecule has 2 aliphatic heterocycles. The first-order valence-electron chi connectivity index (χ1n) is 5.26. The van der Waals surface area contributed by atoms with Gasteiger partial charge in [-0.3, -0.25) is 9.59 Å². The molecule has 1 unspecified atom stereocenters. The molecule has 80 valence electrons. The fourth-order valence-corrected chi connectivity index (χ4v) is 2.27. The minimum atomic E-state index is -0.242. The molecule has 2 saturated heterocycles. The van der Waals surface area contributed by atoms with Gasteiger partial charge in [-0.1, -0.05) is 5.92 Å². The molecule has 2 heterocycles. The van der Waals surface area contributed by atoms with Crippen molar-refractivity contribution in [2.75, 3.05) is 19.6 Å². The van der Waals surface area contributed by atoms with Gasteiger partial charge in [-0.2, -0.15) is 0 Å². The van der Waals surface area contributed by atoms with Crippen molar-refractivity contribution in [1.29, 1.82) is 0 Å². The maximum Gasteiger partial charge on any atom is 0.246 e. The highest BCUT2D eigenvalue weighted by Gasteiger charge is 2.39. The van der Waals surface area contributed by atoms with E-state index in [4.69, 9.17) is 6.42 Å². The van der Waals surface area contributed by atoms with Gasteiger partial charge in [0.25, 0.3) is 0 Å². The van der Waals surface area contributed by atoms with E-state index in [1.165, 1.54) is 4.90 Å². The Morgan fingerprint density at radius 1 is 1.40 bits per heavy atom. The third-order valence-electron chi connectivity index (χ3n) is 3.03. The molecule has 15 heavy (non-hydrogen) atoms. The molecule has 0 bridgehead atoms. The van der Waals surface area contributed by atoms with E-state index < -0.39 is 0 Å². The number of carbonyl (C=O) groups is 2. The van der Waals surface area contributed by atoms with Crippen LogP contribution in [0.1, 0.15) is 19.3 Å². The molecule has 2 fully saturated rings. The molecular formula is C11H14N2O2. The monoisotopic (exact) mass is 206 g/mol. The predicted molar refractivity (Wildman–Crippen MR) is 54.8 cm³/mol. The zero-order chi connectivity index (χ0) is 10.8. The van der Waals surface area contributed by atoms with Crippen LogP contribution in [0.3, 0.4) is 0 Å². The van der Waals surface area contributed by atoms with Gasteiger partial charge in [0.05, 0.1) is 6.54 Å². The molecule has 0 aromatic carbocycles. The van der Waals surface area contributed by atoms with Crippen molar-refractivity contribution >= 4 is 11.8 Å². The Hall–Kier alpha value is -1.50. The van der Waals surface area contributed by atoms with Gasteiger partial charge < -0.3 is 9.80 Å². The number of carbonyl (C=O) groups excluding carboxylic acids is 2. The third kappa shape index (κ3) is 1.70. The Morgan fingerprint density at radius 2 is 2.20 bits per heavy atom. The van der Waals surface area contributed by atoms with E-state index in [2.05, 4.69) is 5.92 Å². The van der Waals surface area contributed by atoms with Crippen LogP contribution in [-0.4, -0.2) is 47.3 Å². The fraction of sp³-hybridized carbons (Fsp3) is 0.636. The number of rotatable bonds is 1. The molecule has 2 rings (SSSR count). The van der Waals surface area contributed by atoms with Crippen LogP contribution < -0.4 is 0 Å². The first-order valence-corrected chi connectivity index (χ1v) is 5.26. The molecule has 4 nitrogen and oxygen atoms in total. The summed E-state index contributed by atoms with van der Waals surface area (Å²) in [4.78, 5) is 26.8. The number of piperazine rings is 1. The fourth-order valence-electron chi connectivity index (χ4n) is 2.27. The maximum absolute atomic E-state index is 11.9. The van der Waals surface area contributed by atoms with E-state index in [9.17, 15) is 9.59 Å². The zero-order valence-electron chi connectivity index (χ0n) is 8.61. The molecule has 0 aromatic heterocycles. The number of fused-ring (bicyclic) bond motifs is 1. The van der Waals surface area contributed by atoms with E-state index in [1.54, 1.807) is 4.90 Å². The molecule has 0 aliphatic carbocycles. The number of hydrogen-bond acceptors (Lipinski definition) is 2. The maximum atomic E-state index is 11.9. The summed E-state index contributed by atoms with van der Waals surface area (Å²) in [5.74, 6) is 2.48. The van der Waals surface area contributed by atoms with Gasteiger partial charge in [0, 0.05) is 6.54 Å². The Bertz CT molecular complexity index is 332. The van der Waals surface area contributed by atoms with Crippen LogP contribution in [0.2, 0.25) is 0 Å². The number of terminal acetylenes is 1. The molecular weight excluding hydrogens is 192 g/mol. The number of nitrogens with zero attached hydrogens (tertiary/aromatic N) is 2. The standard InChI is InChI=1S/C11H14N2O2/c1-2-6-12-8-10(14)13-7-4-3-5-9(13)11(12)15/h1,9H,3-8H2. The predicted octanol–water partition coefficient (Wildman–Crippen LogP) is -0.157. The summed E-state index contributed by atoms with van der Waals surface area (Å²) in [6, 6.07) is -0.242. The van der Waals surface area contributed by atoms with Gasteiger partial charge in [-0.05, 0) is 19.3 Å². The molecule has 0 radical (unpaired) electrons. The van der Waals surface area contributed by atoms with Crippen LogP contribution in [0.15, 0.2) is 0 Å². The molecule has 0 saturated carbocycles. The van der Waals surface area contributed by atoms with E-state index in [0.717, 1.165) is 25.8 Å². The third-order valence-corrected chi connectivity index (χ3v) is 3.03. The summed E-state index contributed by atoms with van der Waals surface area (Å²) in [5.41, 5.74) is 0. The van der Waals surface area contributed by atoms with E-state index in [-0.39, 0.29) is 30.9 Å². The molecule has 0 aromatic rings. The Labute approximate surface area is 89.2 Å². The van der Waals surface area contributed by atoms with E-state index in [1.807, 2.05) is 0 Å². The van der Waals surface area contributed by atoms with Gasteiger partial charge >= 0.3 is 0 Å². The van der Waals surface area contributed by atoms with Gasteiger partial charge in [0.1, 0.15) is 12.6 Å². The Kier molecular flexibility index (Phi) is 2.63. The highest BCUT2D eigenvalue weighted by Crippen LogP contribution is 2.22. The topological polar surface area (TPSA) is 40.6 Å². The highest BCUT2D eigenvalue weighted by atomic mass is 16.2. The summed E-state index contributed by atoms with van der Waals surface area (Å²) < 4.78 is 0. The van der Waals surface area contributed by atoms with Gasteiger partial charge in [-0.15, -0.1) is 6.42 Å². The second-order valence-electron chi connectivity index (χ2n) is 4.00. The molecule has 0 N–H and O–H groups in total. The number of amides is 2. The van der Waals surface area contributed by atoms with Crippen LogP contribution in [0.4, 0.5) is 0 Å². The Morgan fingerprint density at radius 3 is 2.93 bits per heavy atom. The quantitative estimate of drug-likeness (QED) is 0.559. The molecule has 1 atom stereocenters. The van der Waals surface area contributed by atoms with Crippen LogP contribution in [0.25, 0.3) is 0 Å². The second-order valence-corrected chi connectivity index (χ2v) is 4.00. The van der Waals surface area contributed by atoms with Crippen molar-refractivity contribution < 1.29 is 9.59 Å². The molecule has 0 spiro atoms. The van der Waals surface area contributed by atoms with Crippen LogP contribution in [0.5, 0.6) is 0 Å². The van der Waals surface area contributed by atoms with Gasteiger partial charge in [0.2, 0.25) is 11.8 Å². The summed E-state index contributed by atoms with van der Waals surface area (Å²) in [6.07, 6.45) is 7.97. The summed E-state index contributed by atoms with van der Waals surface area (Å²) in [7, 11) is 0. The van der Waals surface area contributed by atoms with Crippen molar-refractivity contribution in [3.05, 3.63) is 0 Å². The van der Waals surface area contributed by atoms with Crippen molar-refractivity contribution in [2.24, 2.45) is 0 Å². The summed E-state index contributed by atoms with van der Waals surface area (Å²) in [5, 5.41) is 0. The molecule has 2 amide bonds. The number of hydrogen-bond donors (Lipinski definition) is 0. The lowest BCUT2D eigenvalue weighted by atomic mass is 9.98. The normalized spacial score (nSPS) is 26.2. The number of piperidine rings is 1. The first kappa shape index (κ1) is 10.0. The first-order chi connectivity index (χ1) is 7.24. The average molecular weight is 206 g/mol. The highest BCUT2D eigenvalue weighted by molar-refractivity contribution is 5.95. The lowest BCUT2D eigenvalue weighted by Gasteiger charge is -2.42. The SMILES string of the molecule is C#CCN1CC(=O)N2CCCCC2C1=O. The lowest BCUT2D eigenvalue weighted by molar-refractivity contribution is -0.157. The molecule has 4 heteroatoms. The van der Waals surface area contributed by atoms with Crippen molar-refractivity contribution in [3.8, 4) is 12.3 Å². The van der Waals surface area contributed by atoms with E-state index in [0.29, 0.717) is 0 Å². The van der Waals surface area contributed by atoms with Crippen molar-refractivity contribution in [1.82, 2.24) is 9.80 Å². The van der Waals surface area contributed by atoms with Gasteiger partial charge in [-0.25, -0.2) is 0 Å². The largest absolute Gasteiger partial charge is 0.329 e. The van der Waals surface area contributed by atoms with Crippen LogP contribution >= 0.6 is 0 Å². The van der Waals surface area contributed by atoms with Crippen LogP contribution in [0, 0.1) is 12.3 Å². The van der Waals surface area contributed by atoms with Crippen LogP contribution in [-0.2, 0) is 9.59 Å². The minimum absolute atomic E-state index is 0.0206. The van der Waals surface area contributed by atoms with Crippen molar-refractivity contribution in [3.63, 3.8) is 0 Å².